The van der Waals surface area contributed by atoms with Crippen molar-refractivity contribution in [3.05, 3.63) is 91.0 Å². The van der Waals surface area contributed by atoms with E-state index in [1.165, 1.54) is 0 Å². The van der Waals surface area contributed by atoms with Crippen LogP contribution in [0.15, 0.2) is 91.0 Å². The molecule has 27 heavy (non-hydrogen) atoms. The van der Waals surface area contributed by atoms with Crippen LogP contribution in [-0.2, 0) is 9.53 Å². The zero-order chi connectivity index (χ0) is 19.1. The van der Waals surface area contributed by atoms with Crippen LogP contribution in [-0.4, -0.2) is 17.9 Å². The molecule has 0 aliphatic carbocycles. The average molecular weight is 376 g/mol. The summed E-state index contributed by atoms with van der Waals surface area (Å²) in [7, 11) is 0. The molecule has 0 bridgehead atoms. The van der Waals surface area contributed by atoms with Crippen LogP contribution in [0.1, 0.15) is 20.3 Å². The average Bonchev–Trinajstić information content (AvgIpc) is 2.74. The number of ether oxygens (including phenoxy) is 1. The first-order valence-corrected chi connectivity index (χ1v) is 11.1. The third kappa shape index (κ3) is 4.23. The molecule has 1 atom stereocenters. The van der Waals surface area contributed by atoms with Gasteiger partial charge in [-0.2, -0.15) is 0 Å². The molecule has 0 saturated heterocycles. The number of carbonyl (C=O) groups excluding carboxylic acids is 1. The number of hydrogen-bond donors (Lipinski definition) is 0. The number of esters is 1. The lowest BCUT2D eigenvalue weighted by atomic mass is 10.3. The van der Waals surface area contributed by atoms with Gasteiger partial charge in [0, 0.05) is 5.80 Å². The monoisotopic (exact) mass is 376 g/mol. The number of rotatable bonds is 6. The van der Waals surface area contributed by atoms with Crippen LogP contribution in [0.25, 0.3) is 0 Å². The Bertz CT molecular complexity index is 815. The summed E-state index contributed by atoms with van der Waals surface area (Å²) in [5.41, 5.74) is 0. The van der Waals surface area contributed by atoms with Gasteiger partial charge in [0.15, 0.2) is 0 Å². The second-order valence-electron chi connectivity index (χ2n) is 6.51. The lowest BCUT2D eigenvalue weighted by molar-refractivity contribution is -0.139. The second-order valence-corrected chi connectivity index (χ2v) is 9.77. The maximum absolute atomic E-state index is 12.9. The fourth-order valence-electron chi connectivity index (χ4n) is 3.13. The predicted octanol–water partition coefficient (Wildman–Crippen LogP) is 4.12. The van der Waals surface area contributed by atoms with Crippen molar-refractivity contribution in [1.82, 2.24) is 0 Å². The minimum Gasteiger partial charge on any atom is -0.459 e. The highest BCUT2D eigenvalue weighted by molar-refractivity contribution is 7.95. The van der Waals surface area contributed by atoms with E-state index in [1.807, 2.05) is 74.2 Å². The first-order chi connectivity index (χ1) is 13.2. The van der Waals surface area contributed by atoms with Crippen LogP contribution < -0.4 is 15.9 Å². The molecule has 138 valence electrons. The van der Waals surface area contributed by atoms with Crippen molar-refractivity contribution < 1.29 is 9.53 Å². The Morgan fingerprint density at radius 2 is 1.19 bits per heavy atom. The molecular weight excluding hydrogens is 351 g/mol. The summed E-state index contributed by atoms with van der Waals surface area (Å²) in [6.45, 7) is 1.67. The standard InChI is InChI=1S/C24H25O2P/c1-3-20(2)26-24(25)19-27(21-13-7-4-8-14-21,22-15-9-5-10-16-22)23-17-11-6-12-18-23/h4-20H,3H2,1-2H3/t20-/m0/s1. The van der Waals surface area contributed by atoms with E-state index in [0.717, 1.165) is 22.3 Å². The molecule has 3 rings (SSSR count). The molecule has 0 heterocycles. The molecule has 0 spiro atoms. The Morgan fingerprint density at radius 3 is 1.52 bits per heavy atom. The predicted molar refractivity (Wildman–Crippen MR) is 117 cm³/mol. The summed E-state index contributed by atoms with van der Waals surface area (Å²) in [4.78, 5) is 12.9. The molecule has 0 N–H and O–H groups in total. The van der Waals surface area contributed by atoms with Gasteiger partial charge in [-0.25, -0.2) is 4.79 Å². The van der Waals surface area contributed by atoms with Crippen molar-refractivity contribution in [3.8, 4) is 0 Å². The third-order valence-corrected chi connectivity index (χ3v) is 8.62. The molecule has 0 unspecified atom stereocenters. The van der Waals surface area contributed by atoms with Crippen LogP contribution in [0.4, 0.5) is 0 Å². The minimum atomic E-state index is -2.28. The maximum Gasteiger partial charge on any atom is 0.332 e. The smallest absolute Gasteiger partial charge is 0.332 e. The molecule has 0 aliphatic rings. The topological polar surface area (TPSA) is 26.3 Å². The van der Waals surface area contributed by atoms with Gasteiger partial charge in [-0.15, -0.1) is 0 Å². The number of benzene rings is 3. The van der Waals surface area contributed by atoms with Crippen molar-refractivity contribution in [2.45, 2.75) is 26.4 Å². The molecule has 0 amide bonds. The molecule has 0 aromatic heterocycles. The summed E-state index contributed by atoms with van der Waals surface area (Å²) in [5, 5.41) is 3.43. The van der Waals surface area contributed by atoms with E-state index < -0.39 is 6.89 Å². The molecule has 0 radical (unpaired) electrons. The van der Waals surface area contributed by atoms with Gasteiger partial charge in [0.25, 0.3) is 0 Å². The molecule has 0 aliphatic heterocycles. The minimum absolute atomic E-state index is 0.0991. The van der Waals surface area contributed by atoms with Gasteiger partial charge in [0.1, 0.15) is 0 Å². The maximum atomic E-state index is 12.9. The van der Waals surface area contributed by atoms with E-state index in [0.29, 0.717) is 0 Å². The van der Waals surface area contributed by atoms with Crippen molar-refractivity contribution >= 4 is 34.6 Å². The highest BCUT2D eigenvalue weighted by atomic mass is 31.2. The molecule has 3 aromatic carbocycles. The third-order valence-electron chi connectivity index (χ3n) is 4.68. The van der Waals surface area contributed by atoms with E-state index in [2.05, 4.69) is 36.4 Å². The van der Waals surface area contributed by atoms with E-state index in [1.54, 1.807) is 0 Å². The molecule has 0 fully saturated rings. The van der Waals surface area contributed by atoms with E-state index in [9.17, 15) is 4.79 Å². The highest BCUT2D eigenvalue weighted by Crippen LogP contribution is 2.43. The van der Waals surface area contributed by atoms with Crippen LogP contribution in [0.5, 0.6) is 0 Å². The fraction of sp³-hybridized carbons (Fsp3) is 0.167. The molecule has 3 aromatic rings. The SMILES string of the molecule is CC[C@H](C)OC(=O)C=P(c1ccccc1)(c1ccccc1)c1ccccc1. The number of carbonyl (C=O) groups is 1. The molecule has 2 nitrogen and oxygen atoms in total. The lowest BCUT2D eigenvalue weighted by Gasteiger charge is -2.28. The van der Waals surface area contributed by atoms with Crippen molar-refractivity contribution in [3.63, 3.8) is 0 Å². The van der Waals surface area contributed by atoms with E-state index in [-0.39, 0.29) is 12.1 Å². The Balaban J connectivity index is 2.31. The second kappa shape index (κ2) is 8.88. The van der Waals surface area contributed by atoms with Crippen LogP contribution in [0.3, 0.4) is 0 Å². The first kappa shape index (κ1) is 19.2. The quantitative estimate of drug-likeness (QED) is 0.478. The molecule has 3 heteroatoms. The van der Waals surface area contributed by atoms with Crippen LogP contribution >= 0.6 is 6.89 Å². The fourth-order valence-corrected chi connectivity index (χ4v) is 6.78. The number of hydrogen-bond acceptors (Lipinski definition) is 2. The summed E-state index contributed by atoms with van der Waals surface area (Å²) >= 11 is 0. The van der Waals surface area contributed by atoms with Gasteiger partial charge in [0.05, 0.1) is 6.10 Å². The normalized spacial score (nSPS) is 12.2. The van der Waals surface area contributed by atoms with Crippen molar-refractivity contribution in [1.29, 1.82) is 0 Å². The summed E-state index contributed by atoms with van der Waals surface area (Å²) in [6, 6.07) is 30.9. The van der Waals surface area contributed by atoms with Gasteiger partial charge in [0.2, 0.25) is 0 Å². The van der Waals surface area contributed by atoms with Gasteiger partial charge in [-0.3, -0.25) is 0 Å². The lowest BCUT2D eigenvalue weighted by Crippen LogP contribution is -2.29. The zero-order valence-electron chi connectivity index (χ0n) is 15.8. The van der Waals surface area contributed by atoms with Crippen LogP contribution in [0, 0.1) is 0 Å². The summed E-state index contributed by atoms with van der Waals surface area (Å²) in [6.07, 6.45) is 0.700. The largest absolute Gasteiger partial charge is 0.459 e. The van der Waals surface area contributed by atoms with Crippen molar-refractivity contribution in [2.24, 2.45) is 0 Å². The van der Waals surface area contributed by atoms with Crippen molar-refractivity contribution in [2.75, 3.05) is 0 Å². The Kier molecular flexibility index (Phi) is 6.32. The van der Waals surface area contributed by atoms with E-state index in [4.69, 9.17) is 4.74 Å². The Morgan fingerprint density at radius 1 is 0.815 bits per heavy atom. The Labute approximate surface area is 161 Å². The van der Waals surface area contributed by atoms with Gasteiger partial charge >= 0.3 is 5.97 Å². The molecule has 0 saturated carbocycles. The van der Waals surface area contributed by atoms with Gasteiger partial charge in [-0.05, 0) is 36.1 Å². The zero-order valence-corrected chi connectivity index (χ0v) is 16.7. The first-order valence-electron chi connectivity index (χ1n) is 9.29. The van der Waals surface area contributed by atoms with Crippen LogP contribution in [0.2, 0.25) is 0 Å². The highest BCUT2D eigenvalue weighted by Gasteiger charge is 2.27. The summed E-state index contributed by atoms with van der Waals surface area (Å²) < 4.78 is 5.65. The Hall–Kier alpha value is -2.57. The summed E-state index contributed by atoms with van der Waals surface area (Å²) in [5.74, 6) is 1.58. The van der Waals surface area contributed by atoms with E-state index >= 15 is 0 Å². The van der Waals surface area contributed by atoms with Gasteiger partial charge < -0.3 is 4.74 Å². The molecular formula is C24H25O2P. The van der Waals surface area contributed by atoms with Gasteiger partial charge in [-0.1, -0.05) is 97.9 Å².